The van der Waals surface area contributed by atoms with Crippen molar-refractivity contribution >= 4 is 21.9 Å². The van der Waals surface area contributed by atoms with Gasteiger partial charge in [-0.05, 0) is 19.1 Å². The van der Waals surface area contributed by atoms with E-state index in [0.29, 0.717) is 5.52 Å². The zero-order valence-corrected chi connectivity index (χ0v) is 10.9. The number of aliphatic hydroxyl groups is 1. The lowest BCUT2D eigenvalue weighted by molar-refractivity contribution is 0.274. The zero-order chi connectivity index (χ0) is 13.6. The van der Waals surface area contributed by atoms with Gasteiger partial charge in [0.05, 0.1) is 25.0 Å². The number of aliphatic hydroxyl groups excluding tert-OH is 1. The van der Waals surface area contributed by atoms with Crippen LogP contribution in [0.4, 0.5) is 0 Å². The molecule has 0 amide bonds. The lowest BCUT2D eigenvalue weighted by Gasteiger charge is -2.03. The first kappa shape index (κ1) is 11.9. The summed E-state index contributed by atoms with van der Waals surface area (Å²) in [5.74, 6) is 0. The predicted molar refractivity (Wildman–Crippen MR) is 74.3 cm³/mol. The molecular formula is C14H15N3O2. The molecule has 0 aliphatic carbocycles. The topological polar surface area (TPSA) is 60.0 Å². The molecular weight excluding hydrogens is 242 g/mol. The molecule has 0 saturated heterocycles. The molecule has 0 atom stereocenters. The van der Waals surface area contributed by atoms with Crippen LogP contribution in [0.2, 0.25) is 0 Å². The van der Waals surface area contributed by atoms with Crippen LogP contribution in [0, 0.1) is 6.92 Å². The van der Waals surface area contributed by atoms with E-state index in [1.807, 2.05) is 36.7 Å². The van der Waals surface area contributed by atoms with E-state index in [2.05, 4.69) is 4.98 Å². The summed E-state index contributed by atoms with van der Waals surface area (Å²) in [6, 6.07) is 6.07. The number of aryl methyl sites for hydroxylation is 2. The first-order valence-corrected chi connectivity index (χ1v) is 6.18. The van der Waals surface area contributed by atoms with E-state index >= 15 is 0 Å². The van der Waals surface area contributed by atoms with E-state index < -0.39 is 0 Å². The Morgan fingerprint density at radius 1 is 1.37 bits per heavy atom. The average molecular weight is 257 g/mol. The summed E-state index contributed by atoms with van der Waals surface area (Å²) in [5, 5.41) is 9.96. The summed E-state index contributed by atoms with van der Waals surface area (Å²) in [7, 11) is 1.87. The molecule has 3 rings (SSSR count). The average Bonchev–Trinajstić information content (AvgIpc) is 2.67. The standard InChI is InChI=1S/C14H15N3O2/c1-9-3-4-11-10(7-9)12-13(16(11)2)14(19)17(5-6-18)8-15-12/h3-4,7-8,18H,5-6H2,1-2H3. The minimum absolute atomic E-state index is 0.0733. The fourth-order valence-corrected chi connectivity index (χ4v) is 2.50. The number of hydrogen-bond donors (Lipinski definition) is 1. The van der Waals surface area contributed by atoms with Gasteiger partial charge in [0.1, 0.15) is 11.0 Å². The summed E-state index contributed by atoms with van der Waals surface area (Å²) in [6.45, 7) is 2.21. The summed E-state index contributed by atoms with van der Waals surface area (Å²) < 4.78 is 3.31. The van der Waals surface area contributed by atoms with Gasteiger partial charge in [-0.25, -0.2) is 4.98 Å². The summed E-state index contributed by atoms with van der Waals surface area (Å²) in [6.07, 6.45) is 1.50. The first-order chi connectivity index (χ1) is 9.13. The van der Waals surface area contributed by atoms with Crippen LogP contribution < -0.4 is 5.56 Å². The smallest absolute Gasteiger partial charge is 0.277 e. The van der Waals surface area contributed by atoms with Gasteiger partial charge >= 0.3 is 0 Å². The van der Waals surface area contributed by atoms with Gasteiger partial charge in [0.2, 0.25) is 0 Å². The number of hydrogen-bond acceptors (Lipinski definition) is 3. The van der Waals surface area contributed by atoms with E-state index in [1.54, 1.807) is 0 Å². The SMILES string of the molecule is Cc1ccc2c(c1)c1ncn(CCO)c(=O)c1n2C. The van der Waals surface area contributed by atoms with Crippen LogP contribution in [-0.4, -0.2) is 25.8 Å². The third-order valence-corrected chi connectivity index (χ3v) is 3.46. The monoisotopic (exact) mass is 257 g/mol. The summed E-state index contributed by atoms with van der Waals surface area (Å²) in [5.41, 5.74) is 3.32. The van der Waals surface area contributed by atoms with Crippen molar-refractivity contribution in [3.63, 3.8) is 0 Å². The Labute approximate surface area is 109 Å². The van der Waals surface area contributed by atoms with Crippen molar-refractivity contribution in [1.29, 1.82) is 0 Å². The molecule has 2 heterocycles. The van der Waals surface area contributed by atoms with E-state index in [9.17, 15) is 4.79 Å². The third kappa shape index (κ3) is 1.66. The molecule has 1 aromatic carbocycles. The molecule has 0 unspecified atom stereocenters. The molecule has 0 bridgehead atoms. The minimum atomic E-state index is -0.115. The molecule has 0 aliphatic heterocycles. The highest BCUT2D eigenvalue weighted by atomic mass is 16.3. The van der Waals surface area contributed by atoms with Gasteiger partial charge in [0.25, 0.3) is 5.56 Å². The Morgan fingerprint density at radius 3 is 2.89 bits per heavy atom. The van der Waals surface area contributed by atoms with E-state index in [0.717, 1.165) is 22.0 Å². The highest BCUT2D eigenvalue weighted by Crippen LogP contribution is 2.24. The van der Waals surface area contributed by atoms with Crippen LogP contribution in [0.1, 0.15) is 5.56 Å². The lowest BCUT2D eigenvalue weighted by atomic mass is 10.2. The largest absolute Gasteiger partial charge is 0.395 e. The van der Waals surface area contributed by atoms with Crippen LogP contribution >= 0.6 is 0 Å². The van der Waals surface area contributed by atoms with E-state index in [-0.39, 0.29) is 18.7 Å². The number of nitrogens with zero attached hydrogens (tertiary/aromatic N) is 3. The normalized spacial score (nSPS) is 11.5. The predicted octanol–water partition coefficient (Wildman–Crippen LogP) is 1.19. The summed E-state index contributed by atoms with van der Waals surface area (Å²) in [4.78, 5) is 16.8. The second kappa shape index (κ2) is 4.20. The van der Waals surface area contributed by atoms with Gasteiger partial charge in [-0.3, -0.25) is 9.36 Å². The molecule has 0 spiro atoms. The van der Waals surface area contributed by atoms with Crippen molar-refractivity contribution in [3.8, 4) is 0 Å². The molecule has 0 fully saturated rings. The fraction of sp³-hybridized carbons (Fsp3) is 0.286. The van der Waals surface area contributed by atoms with Gasteiger partial charge in [-0.15, -0.1) is 0 Å². The van der Waals surface area contributed by atoms with Crippen LogP contribution in [0.5, 0.6) is 0 Å². The highest BCUT2D eigenvalue weighted by molar-refractivity contribution is 6.05. The molecule has 19 heavy (non-hydrogen) atoms. The quantitative estimate of drug-likeness (QED) is 0.750. The maximum Gasteiger partial charge on any atom is 0.277 e. The third-order valence-electron chi connectivity index (χ3n) is 3.46. The van der Waals surface area contributed by atoms with Gasteiger partial charge in [0, 0.05) is 12.4 Å². The van der Waals surface area contributed by atoms with Crippen molar-refractivity contribution < 1.29 is 5.11 Å². The number of aromatic nitrogens is 3. The van der Waals surface area contributed by atoms with Crippen molar-refractivity contribution in [2.75, 3.05) is 6.61 Å². The zero-order valence-electron chi connectivity index (χ0n) is 10.9. The number of benzene rings is 1. The molecule has 5 heteroatoms. The Hall–Kier alpha value is -2.14. The minimum Gasteiger partial charge on any atom is -0.395 e. The number of rotatable bonds is 2. The highest BCUT2D eigenvalue weighted by Gasteiger charge is 2.13. The van der Waals surface area contributed by atoms with Crippen LogP contribution in [0.25, 0.3) is 21.9 Å². The second-order valence-corrected chi connectivity index (χ2v) is 4.74. The van der Waals surface area contributed by atoms with Gasteiger partial charge in [-0.2, -0.15) is 0 Å². The molecule has 2 aromatic heterocycles. The second-order valence-electron chi connectivity index (χ2n) is 4.74. The van der Waals surface area contributed by atoms with Crippen molar-refractivity contribution in [2.45, 2.75) is 13.5 Å². The number of fused-ring (bicyclic) bond motifs is 3. The molecule has 0 saturated carbocycles. The Morgan fingerprint density at radius 2 is 2.16 bits per heavy atom. The summed E-state index contributed by atoms with van der Waals surface area (Å²) >= 11 is 0. The van der Waals surface area contributed by atoms with Crippen molar-refractivity contribution in [1.82, 2.24) is 14.1 Å². The first-order valence-electron chi connectivity index (χ1n) is 6.18. The molecule has 0 aliphatic rings. The van der Waals surface area contributed by atoms with Crippen LogP contribution in [0.15, 0.2) is 29.3 Å². The Kier molecular flexibility index (Phi) is 2.64. The van der Waals surface area contributed by atoms with Crippen molar-refractivity contribution in [3.05, 3.63) is 40.4 Å². The van der Waals surface area contributed by atoms with Crippen molar-refractivity contribution in [2.24, 2.45) is 7.05 Å². The Balaban J connectivity index is 2.48. The van der Waals surface area contributed by atoms with Gasteiger partial charge in [0.15, 0.2) is 0 Å². The Bertz CT molecular complexity index is 830. The molecule has 98 valence electrons. The van der Waals surface area contributed by atoms with Crippen LogP contribution in [-0.2, 0) is 13.6 Å². The van der Waals surface area contributed by atoms with Gasteiger partial charge in [-0.1, -0.05) is 11.6 Å². The molecule has 0 radical (unpaired) electrons. The fourth-order valence-electron chi connectivity index (χ4n) is 2.50. The lowest BCUT2D eigenvalue weighted by Crippen LogP contribution is -2.23. The molecule has 3 aromatic rings. The maximum absolute atomic E-state index is 12.4. The van der Waals surface area contributed by atoms with Crippen LogP contribution in [0.3, 0.4) is 0 Å². The molecule has 5 nitrogen and oxygen atoms in total. The van der Waals surface area contributed by atoms with E-state index in [4.69, 9.17) is 5.11 Å². The van der Waals surface area contributed by atoms with E-state index in [1.165, 1.54) is 10.9 Å². The maximum atomic E-state index is 12.4. The molecule has 1 N–H and O–H groups in total. The van der Waals surface area contributed by atoms with Gasteiger partial charge < -0.3 is 9.67 Å².